The molecule has 1 aromatic carbocycles. The van der Waals surface area contributed by atoms with Crippen molar-refractivity contribution in [2.24, 2.45) is 5.73 Å². The van der Waals surface area contributed by atoms with Crippen LogP contribution in [0.15, 0.2) is 35.7 Å². The van der Waals surface area contributed by atoms with E-state index in [4.69, 9.17) is 19.9 Å². The Kier molecular flexibility index (Phi) is 4.80. The summed E-state index contributed by atoms with van der Waals surface area (Å²) in [5, 5.41) is 16.5. The number of carbonyl (C=O) groups is 1. The van der Waals surface area contributed by atoms with Gasteiger partial charge in [0.25, 0.3) is 0 Å². The summed E-state index contributed by atoms with van der Waals surface area (Å²) in [5.74, 6) is 0.0401. The molecule has 0 radical (unpaired) electrons. The molecule has 0 spiro atoms. The van der Waals surface area contributed by atoms with Gasteiger partial charge in [0.05, 0.1) is 37.3 Å². The number of H-pyrrole nitrogens is 1. The van der Waals surface area contributed by atoms with E-state index in [-0.39, 0.29) is 30.4 Å². The number of ether oxygens (including phenoxy) is 3. The van der Waals surface area contributed by atoms with Gasteiger partial charge in [0.2, 0.25) is 11.8 Å². The van der Waals surface area contributed by atoms with Crippen LogP contribution in [-0.4, -0.2) is 29.9 Å². The van der Waals surface area contributed by atoms with Crippen LogP contribution in [0.4, 0.5) is 0 Å². The third-order valence-electron chi connectivity index (χ3n) is 4.09. The van der Waals surface area contributed by atoms with Crippen molar-refractivity contribution < 1.29 is 19.0 Å². The zero-order chi connectivity index (χ0) is 18.7. The number of rotatable bonds is 5. The van der Waals surface area contributed by atoms with Gasteiger partial charge in [-0.1, -0.05) is 12.1 Å². The van der Waals surface area contributed by atoms with Gasteiger partial charge in [0.1, 0.15) is 17.4 Å². The van der Waals surface area contributed by atoms with Gasteiger partial charge in [-0.3, -0.25) is 9.89 Å². The van der Waals surface area contributed by atoms with Crippen LogP contribution in [-0.2, 0) is 16.0 Å². The second-order valence-electron chi connectivity index (χ2n) is 5.60. The molecule has 2 heterocycles. The van der Waals surface area contributed by atoms with Crippen LogP contribution in [0.3, 0.4) is 0 Å². The van der Waals surface area contributed by atoms with Gasteiger partial charge in [0, 0.05) is 0 Å². The standard InChI is InChI=1S/C18H18N4O4/c1-3-25-14(23)8-13-16-15(10-4-6-11(24-2)7-5-10)12(9-19)17(20)26-18(16)22-21-13/h4-7,15H,3,8,20H2,1-2H3,(H,21,22)/t15-/m1/s1. The summed E-state index contributed by atoms with van der Waals surface area (Å²) in [6.45, 7) is 2.02. The summed E-state index contributed by atoms with van der Waals surface area (Å²) in [7, 11) is 1.58. The summed E-state index contributed by atoms with van der Waals surface area (Å²) in [6, 6.07) is 9.37. The van der Waals surface area contributed by atoms with Gasteiger partial charge in [0.15, 0.2) is 0 Å². The number of aromatic nitrogens is 2. The zero-order valence-corrected chi connectivity index (χ0v) is 14.4. The SMILES string of the molecule is CCOC(=O)Cc1[nH]nc2c1[C@H](c1ccc(OC)cc1)C(C#N)=C(N)O2. The van der Waals surface area contributed by atoms with Gasteiger partial charge in [-0.25, -0.2) is 0 Å². The fourth-order valence-electron chi connectivity index (χ4n) is 2.93. The number of benzene rings is 1. The molecule has 1 aliphatic heterocycles. The number of nitrogens with one attached hydrogen (secondary N) is 1. The first-order valence-corrected chi connectivity index (χ1v) is 8.03. The van der Waals surface area contributed by atoms with Crippen LogP contribution >= 0.6 is 0 Å². The number of nitrogens with two attached hydrogens (primary N) is 1. The van der Waals surface area contributed by atoms with E-state index >= 15 is 0 Å². The number of carbonyl (C=O) groups excluding carboxylic acids is 1. The highest BCUT2D eigenvalue weighted by atomic mass is 16.5. The summed E-state index contributed by atoms with van der Waals surface area (Å²) in [5.41, 5.74) is 8.11. The summed E-state index contributed by atoms with van der Waals surface area (Å²) >= 11 is 0. The first-order valence-electron chi connectivity index (χ1n) is 8.03. The number of allylic oxidation sites excluding steroid dienone is 1. The van der Waals surface area contributed by atoms with Gasteiger partial charge in [-0.05, 0) is 24.6 Å². The van der Waals surface area contributed by atoms with E-state index in [1.165, 1.54) is 0 Å². The number of fused-ring (bicyclic) bond motifs is 1. The van der Waals surface area contributed by atoms with E-state index in [1.54, 1.807) is 26.2 Å². The Morgan fingerprint density at radius 3 is 2.77 bits per heavy atom. The smallest absolute Gasteiger partial charge is 0.311 e. The van der Waals surface area contributed by atoms with Crippen molar-refractivity contribution in [2.45, 2.75) is 19.3 Å². The lowest BCUT2D eigenvalue weighted by Gasteiger charge is -2.24. The Morgan fingerprint density at radius 2 is 2.15 bits per heavy atom. The highest BCUT2D eigenvalue weighted by molar-refractivity contribution is 5.73. The predicted octanol–water partition coefficient (Wildman–Crippen LogP) is 1.74. The lowest BCUT2D eigenvalue weighted by molar-refractivity contribution is -0.142. The van der Waals surface area contributed by atoms with Gasteiger partial charge >= 0.3 is 5.97 Å². The number of hydrogen-bond acceptors (Lipinski definition) is 7. The molecule has 1 aliphatic rings. The quantitative estimate of drug-likeness (QED) is 0.784. The van der Waals surface area contributed by atoms with E-state index in [1.807, 2.05) is 12.1 Å². The van der Waals surface area contributed by atoms with Crippen molar-refractivity contribution in [1.29, 1.82) is 5.26 Å². The van der Waals surface area contributed by atoms with E-state index in [0.29, 0.717) is 17.0 Å². The van der Waals surface area contributed by atoms with Crippen molar-refractivity contribution in [2.75, 3.05) is 13.7 Å². The number of aromatic amines is 1. The Labute approximate surface area is 150 Å². The van der Waals surface area contributed by atoms with Crippen molar-refractivity contribution in [1.82, 2.24) is 10.2 Å². The van der Waals surface area contributed by atoms with Crippen molar-refractivity contribution in [3.63, 3.8) is 0 Å². The van der Waals surface area contributed by atoms with Gasteiger partial charge in [-0.2, -0.15) is 5.26 Å². The van der Waals surface area contributed by atoms with Crippen molar-refractivity contribution in [3.8, 4) is 17.7 Å². The highest BCUT2D eigenvalue weighted by Gasteiger charge is 2.35. The van der Waals surface area contributed by atoms with Crippen LogP contribution in [0.5, 0.6) is 11.6 Å². The molecule has 3 N–H and O–H groups in total. The fourth-order valence-corrected chi connectivity index (χ4v) is 2.93. The minimum Gasteiger partial charge on any atom is -0.497 e. The molecule has 8 nitrogen and oxygen atoms in total. The summed E-state index contributed by atoms with van der Waals surface area (Å²) < 4.78 is 15.7. The minimum absolute atomic E-state index is 0.00463. The summed E-state index contributed by atoms with van der Waals surface area (Å²) in [4.78, 5) is 11.9. The third kappa shape index (κ3) is 3.07. The molecule has 0 unspecified atom stereocenters. The lowest BCUT2D eigenvalue weighted by atomic mass is 9.83. The maximum atomic E-state index is 11.9. The van der Waals surface area contributed by atoms with Gasteiger partial charge < -0.3 is 19.9 Å². The Morgan fingerprint density at radius 1 is 1.42 bits per heavy atom. The zero-order valence-electron chi connectivity index (χ0n) is 14.4. The lowest BCUT2D eigenvalue weighted by Crippen LogP contribution is -2.22. The maximum absolute atomic E-state index is 11.9. The molecule has 8 heteroatoms. The molecule has 2 aromatic rings. The Hall–Kier alpha value is -3.47. The molecular formula is C18H18N4O4. The average Bonchev–Trinajstić information content (AvgIpc) is 3.03. The van der Waals surface area contributed by atoms with Gasteiger partial charge in [-0.15, -0.1) is 5.10 Å². The predicted molar refractivity (Wildman–Crippen MR) is 91.2 cm³/mol. The second-order valence-corrected chi connectivity index (χ2v) is 5.60. The Bertz CT molecular complexity index is 893. The van der Waals surface area contributed by atoms with E-state index in [2.05, 4.69) is 16.3 Å². The first kappa shape index (κ1) is 17.4. The average molecular weight is 354 g/mol. The second kappa shape index (κ2) is 7.19. The fraction of sp³-hybridized carbons (Fsp3) is 0.278. The van der Waals surface area contributed by atoms with Crippen LogP contribution in [0.25, 0.3) is 0 Å². The minimum atomic E-state index is -0.502. The normalized spacial score (nSPS) is 15.7. The number of methoxy groups -OCH3 is 1. The molecule has 0 fully saturated rings. The third-order valence-corrected chi connectivity index (χ3v) is 4.09. The maximum Gasteiger partial charge on any atom is 0.311 e. The monoisotopic (exact) mass is 354 g/mol. The van der Waals surface area contributed by atoms with Crippen LogP contribution in [0.1, 0.15) is 29.7 Å². The molecular weight excluding hydrogens is 336 g/mol. The van der Waals surface area contributed by atoms with Crippen LogP contribution in [0, 0.1) is 11.3 Å². The topological polar surface area (TPSA) is 123 Å². The molecule has 0 saturated heterocycles. The van der Waals surface area contributed by atoms with E-state index < -0.39 is 11.9 Å². The molecule has 0 amide bonds. The molecule has 0 bridgehead atoms. The molecule has 0 aliphatic carbocycles. The molecule has 0 saturated carbocycles. The largest absolute Gasteiger partial charge is 0.497 e. The first-order chi connectivity index (χ1) is 12.6. The molecule has 1 atom stereocenters. The summed E-state index contributed by atoms with van der Waals surface area (Å²) in [6.07, 6.45) is -0.00913. The molecule has 3 rings (SSSR count). The molecule has 26 heavy (non-hydrogen) atoms. The van der Waals surface area contributed by atoms with E-state index in [0.717, 1.165) is 5.56 Å². The molecule has 134 valence electrons. The van der Waals surface area contributed by atoms with E-state index in [9.17, 15) is 10.1 Å². The van der Waals surface area contributed by atoms with Crippen molar-refractivity contribution in [3.05, 3.63) is 52.5 Å². The van der Waals surface area contributed by atoms with Crippen LogP contribution in [0.2, 0.25) is 0 Å². The van der Waals surface area contributed by atoms with Crippen molar-refractivity contribution >= 4 is 5.97 Å². The Balaban J connectivity index is 2.08. The highest BCUT2D eigenvalue weighted by Crippen LogP contribution is 2.43. The number of hydrogen-bond donors (Lipinski definition) is 2. The number of nitrogens with zero attached hydrogens (tertiary/aromatic N) is 2. The number of esters is 1. The van der Waals surface area contributed by atoms with Crippen LogP contribution < -0.4 is 15.2 Å². The number of nitriles is 1. The molecule has 1 aromatic heterocycles.